The monoisotopic (exact) mass is 430 g/mol. The molecule has 9 heteroatoms. The predicted octanol–water partition coefficient (Wildman–Crippen LogP) is 2.94. The van der Waals surface area contributed by atoms with E-state index in [0.717, 1.165) is 49.3 Å². The molecule has 8 nitrogen and oxygen atoms in total. The Balaban J connectivity index is 1.49. The molecule has 0 radical (unpaired) electrons. The summed E-state index contributed by atoms with van der Waals surface area (Å²) in [5.41, 5.74) is 0. The van der Waals surface area contributed by atoms with Gasteiger partial charge >= 0.3 is 0 Å². The molecule has 4 rings (SSSR count). The van der Waals surface area contributed by atoms with Crippen LogP contribution in [0, 0.1) is 12.8 Å². The number of aromatic nitrogens is 2. The van der Waals surface area contributed by atoms with Gasteiger partial charge in [-0.1, -0.05) is 6.92 Å². The number of ether oxygens (including phenoxy) is 1. The second-order valence-electron chi connectivity index (χ2n) is 8.02. The van der Waals surface area contributed by atoms with E-state index in [1.807, 2.05) is 19.1 Å². The zero-order valence-electron chi connectivity index (χ0n) is 17.7. The molecule has 2 aromatic heterocycles. The van der Waals surface area contributed by atoms with E-state index >= 15 is 0 Å². The van der Waals surface area contributed by atoms with E-state index in [2.05, 4.69) is 33.4 Å². The van der Waals surface area contributed by atoms with Crippen LogP contribution in [-0.4, -0.2) is 54.5 Å². The van der Waals surface area contributed by atoms with Gasteiger partial charge in [-0.15, -0.1) is 0 Å². The van der Waals surface area contributed by atoms with Gasteiger partial charge in [0.25, 0.3) is 0 Å². The summed E-state index contributed by atoms with van der Waals surface area (Å²) < 4.78 is 11.1. The van der Waals surface area contributed by atoms with Gasteiger partial charge in [0.2, 0.25) is 5.95 Å². The Labute approximate surface area is 183 Å². The minimum Gasteiger partial charge on any atom is -0.465 e. The van der Waals surface area contributed by atoms with E-state index in [4.69, 9.17) is 31.3 Å². The third kappa shape index (κ3) is 5.40. The highest BCUT2D eigenvalue weighted by Gasteiger charge is 2.21. The number of morpholine rings is 1. The Morgan fingerprint density at radius 2 is 1.93 bits per heavy atom. The third-order valence-electron chi connectivity index (χ3n) is 5.46. The molecule has 30 heavy (non-hydrogen) atoms. The second-order valence-corrected chi connectivity index (χ2v) is 8.43. The first kappa shape index (κ1) is 20.9. The first-order valence-corrected chi connectivity index (χ1v) is 11.0. The average Bonchev–Trinajstić information content (AvgIpc) is 3.18. The fourth-order valence-corrected chi connectivity index (χ4v) is 4.05. The van der Waals surface area contributed by atoms with E-state index in [1.165, 1.54) is 12.8 Å². The zero-order valence-corrected chi connectivity index (χ0v) is 18.5. The number of aryl methyl sites for hydroxylation is 1. The van der Waals surface area contributed by atoms with Gasteiger partial charge in [-0.2, -0.15) is 9.97 Å². The lowest BCUT2D eigenvalue weighted by Crippen LogP contribution is -2.38. The van der Waals surface area contributed by atoms with Crippen molar-refractivity contribution < 1.29 is 9.15 Å². The summed E-state index contributed by atoms with van der Waals surface area (Å²) in [5.74, 6) is 4.76. The van der Waals surface area contributed by atoms with Crippen molar-refractivity contribution in [1.82, 2.24) is 15.3 Å². The van der Waals surface area contributed by atoms with Crippen molar-refractivity contribution in [2.75, 3.05) is 54.5 Å². The molecular weight excluding hydrogens is 400 g/mol. The van der Waals surface area contributed by atoms with Crippen LogP contribution in [0.2, 0.25) is 0 Å². The molecule has 162 valence electrons. The van der Waals surface area contributed by atoms with Crippen molar-refractivity contribution in [3.63, 3.8) is 0 Å². The van der Waals surface area contributed by atoms with Gasteiger partial charge in [-0.05, 0) is 50.0 Å². The van der Waals surface area contributed by atoms with Crippen LogP contribution in [0.3, 0.4) is 0 Å². The maximum absolute atomic E-state index is 5.58. The quantitative estimate of drug-likeness (QED) is 0.696. The summed E-state index contributed by atoms with van der Waals surface area (Å²) in [6.07, 6.45) is 2.45. The number of piperidine rings is 1. The smallest absolute Gasteiger partial charge is 0.232 e. The number of nitrogens with zero attached hydrogens (tertiary/aromatic N) is 4. The second kappa shape index (κ2) is 9.61. The molecule has 0 aromatic carbocycles. The number of hydrogen-bond acceptors (Lipinski definition) is 7. The van der Waals surface area contributed by atoms with Crippen LogP contribution in [0.15, 0.2) is 22.6 Å². The summed E-state index contributed by atoms with van der Waals surface area (Å²) >= 11 is 5.47. The number of furan rings is 1. The summed E-state index contributed by atoms with van der Waals surface area (Å²) in [6.45, 7) is 9.85. The lowest BCUT2D eigenvalue weighted by Gasteiger charge is -2.33. The van der Waals surface area contributed by atoms with Crippen LogP contribution in [0.4, 0.5) is 17.6 Å². The molecular formula is C21H30N6O2S. The maximum atomic E-state index is 5.58. The van der Waals surface area contributed by atoms with Gasteiger partial charge in [-0.3, -0.25) is 0 Å². The maximum Gasteiger partial charge on any atom is 0.232 e. The van der Waals surface area contributed by atoms with Crippen molar-refractivity contribution in [1.29, 1.82) is 0 Å². The van der Waals surface area contributed by atoms with Crippen molar-refractivity contribution in [2.45, 2.75) is 33.2 Å². The van der Waals surface area contributed by atoms with Crippen molar-refractivity contribution in [2.24, 2.45) is 5.92 Å². The minimum absolute atomic E-state index is 0.473. The molecule has 2 fully saturated rings. The Hall–Kier alpha value is -2.39. The molecule has 0 spiro atoms. The Morgan fingerprint density at radius 3 is 2.63 bits per heavy atom. The molecule has 2 saturated heterocycles. The van der Waals surface area contributed by atoms with E-state index in [9.17, 15) is 0 Å². The molecule has 2 aliphatic rings. The molecule has 0 unspecified atom stereocenters. The first-order valence-electron chi connectivity index (χ1n) is 10.6. The Bertz CT molecular complexity index is 867. The number of rotatable bonds is 5. The molecule has 1 atom stereocenters. The predicted molar refractivity (Wildman–Crippen MR) is 122 cm³/mol. The normalized spacial score (nSPS) is 19.6. The van der Waals surface area contributed by atoms with E-state index in [1.54, 1.807) is 0 Å². The summed E-state index contributed by atoms with van der Waals surface area (Å²) in [6, 6.07) is 5.97. The van der Waals surface area contributed by atoms with Crippen LogP contribution >= 0.6 is 12.2 Å². The highest BCUT2D eigenvalue weighted by Crippen LogP contribution is 2.26. The van der Waals surface area contributed by atoms with Crippen molar-refractivity contribution in [3.05, 3.63) is 29.7 Å². The summed E-state index contributed by atoms with van der Waals surface area (Å²) in [4.78, 5) is 14.1. The minimum atomic E-state index is 0.473. The first-order chi connectivity index (χ1) is 14.6. The summed E-state index contributed by atoms with van der Waals surface area (Å²) in [7, 11) is 0. The van der Waals surface area contributed by atoms with Gasteiger partial charge < -0.3 is 29.6 Å². The van der Waals surface area contributed by atoms with Crippen LogP contribution in [0.5, 0.6) is 0 Å². The van der Waals surface area contributed by atoms with Crippen LogP contribution < -0.4 is 20.4 Å². The molecule has 2 aliphatic heterocycles. The molecule has 0 bridgehead atoms. The van der Waals surface area contributed by atoms with E-state index < -0.39 is 0 Å². The molecule has 0 aliphatic carbocycles. The van der Waals surface area contributed by atoms with Crippen LogP contribution in [0.25, 0.3) is 0 Å². The summed E-state index contributed by atoms with van der Waals surface area (Å²) in [5, 5.41) is 6.80. The highest BCUT2D eigenvalue weighted by molar-refractivity contribution is 7.80. The Morgan fingerprint density at radius 1 is 1.17 bits per heavy atom. The number of anilines is 3. The molecule has 0 amide bonds. The zero-order chi connectivity index (χ0) is 20.9. The molecule has 2 N–H and O–H groups in total. The largest absolute Gasteiger partial charge is 0.465 e. The van der Waals surface area contributed by atoms with Crippen LogP contribution in [0.1, 0.15) is 31.3 Å². The third-order valence-corrected chi connectivity index (χ3v) is 5.71. The fraction of sp³-hybridized carbons (Fsp3) is 0.571. The Kier molecular flexibility index (Phi) is 6.69. The molecule has 0 saturated carbocycles. The van der Waals surface area contributed by atoms with Gasteiger partial charge in [0.15, 0.2) is 5.11 Å². The van der Waals surface area contributed by atoms with E-state index in [-0.39, 0.29) is 0 Å². The van der Waals surface area contributed by atoms with Crippen molar-refractivity contribution in [3.8, 4) is 0 Å². The number of thiocarbonyl (C=S) groups is 1. The topological polar surface area (TPSA) is 78.7 Å². The van der Waals surface area contributed by atoms with Gasteiger partial charge in [-0.25, -0.2) is 0 Å². The van der Waals surface area contributed by atoms with Gasteiger partial charge in [0, 0.05) is 32.2 Å². The number of hydrogen-bond donors (Lipinski definition) is 2. The van der Waals surface area contributed by atoms with E-state index in [0.29, 0.717) is 36.7 Å². The van der Waals surface area contributed by atoms with Gasteiger partial charge in [0.05, 0.1) is 19.8 Å². The molecule has 2 aromatic rings. The fourth-order valence-electron chi connectivity index (χ4n) is 3.89. The van der Waals surface area contributed by atoms with Crippen molar-refractivity contribution >= 4 is 34.9 Å². The average molecular weight is 431 g/mol. The number of nitrogens with one attached hydrogen (secondary N) is 2. The lowest BCUT2D eigenvalue weighted by atomic mass is 10.0. The van der Waals surface area contributed by atoms with Crippen LogP contribution in [-0.2, 0) is 11.3 Å². The SMILES string of the molecule is Cc1ccc(CNC(=S)Nc2nc(N3CCOCC3)cc(N3CCC[C@H](C)C3)n2)o1. The highest BCUT2D eigenvalue weighted by atomic mass is 32.1. The standard InChI is InChI=1S/C21H30N6O2S/c1-15-4-3-7-27(14-15)19-12-18(26-8-10-28-11-9-26)23-20(24-19)25-21(30)22-13-17-6-5-16(2)29-17/h5-6,12,15H,3-4,7-11,13-14H2,1-2H3,(H2,22,23,24,25,30)/t15-/m0/s1. The molecule has 4 heterocycles. The lowest BCUT2D eigenvalue weighted by molar-refractivity contribution is 0.122. The van der Waals surface area contributed by atoms with Gasteiger partial charge in [0.1, 0.15) is 23.2 Å².